The summed E-state index contributed by atoms with van der Waals surface area (Å²) >= 11 is 0. The lowest BCUT2D eigenvalue weighted by Gasteiger charge is -2.23. The van der Waals surface area contributed by atoms with Gasteiger partial charge in [-0.3, -0.25) is 0 Å². The summed E-state index contributed by atoms with van der Waals surface area (Å²) in [5.74, 6) is -1.08. The van der Waals surface area contributed by atoms with Gasteiger partial charge < -0.3 is 14.2 Å². The molecule has 0 saturated carbocycles. The second-order valence-electron chi connectivity index (χ2n) is 5.97. The van der Waals surface area contributed by atoms with Crippen LogP contribution < -0.4 is 4.74 Å². The Morgan fingerprint density at radius 2 is 1.69 bits per heavy atom. The van der Waals surface area contributed by atoms with Gasteiger partial charge in [0.2, 0.25) is 5.82 Å². The molecule has 0 aliphatic carbocycles. The molecule has 3 nitrogen and oxygen atoms in total. The summed E-state index contributed by atoms with van der Waals surface area (Å²) in [6, 6.07) is 10.3. The van der Waals surface area contributed by atoms with Crippen LogP contribution in [0.3, 0.4) is 0 Å². The highest BCUT2D eigenvalue weighted by Crippen LogP contribution is 2.33. The monoisotopic (exact) mass is 360 g/mol. The third-order valence-corrected chi connectivity index (χ3v) is 4.29. The molecule has 5 heteroatoms. The van der Waals surface area contributed by atoms with Gasteiger partial charge in [0.15, 0.2) is 11.6 Å². The van der Waals surface area contributed by atoms with Crippen LogP contribution in [0.15, 0.2) is 48.4 Å². The molecule has 1 aliphatic rings. The number of ether oxygens (including phenoxy) is 3. The first-order valence-corrected chi connectivity index (χ1v) is 8.82. The van der Waals surface area contributed by atoms with Crippen molar-refractivity contribution < 1.29 is 23.0 Å². The smallest absolute Gasteiger partial charge is 0.201 e. The van der Waals surface area contributed by atoms with Crippen molar-refractivity contribution in [3.8, 4) is 16.9 Å². The van der Waals surface area contributed by atoms with Crippen molar-refractivity contribution in [2.24, 2.45) is 0 Å². The molecule has 0 bridgehead atoms. The van der Waals surface area contributed by atoms with Gasteiger partial charge in [0.05, 0.1) is 13.2 Å². The molecule has 26 heavy (non-hydrogen) atoms. The summed E-state index contributed by atoms with van der Waals surface area (Å²) in [5.41, 5.74) is 1.81. The average molecular weight is 360 g/mol. The molecule has 0 aromatic heterocycles. The highest BCUT2D eigenvalue weighted by Gasteiger charge is 2.19. The van der Waals surface area contributed by atoms with Crippen LogP contribution in [0, 0.1) is 11.6 Å². The van der Waals surface area contributed by atoms with Crippen molar-refractivity contribution in [3.05, 3.63) is 65.6 Å². The fraction of sp³-hybridized carbons (Fsp3) is 0.333. The topological polar surface area (TPSA) is 27.7 Å². The number of allylic oxidation sites excluding steroid dienone is 1. The van der Waals surface area contributed by atoms with E-state index >= 15 is 0 Å². The first-order chi connectivity index (χ1) is 12.6. The van der Waals surface area contributed by atoms with Gasteiger partial charge in [-0.25, -0.2) is 4.39 Å². The van der Waals surface area contributed by atoms with Crippen LogP contribution in [0.4, 0.5) is 8.78 Å². The minimum absolute atomic E-state index is 0.0600. The van der Waals surface area contributed by atoms with Crippen LogP contribution in [0.2, 0.25) is 0 Å². The Kier molecular flexibility index (Phi) is 5.76. The highest BCUT2D eigenvalue weighted by molar-refractivity contribution is 5.65. The van der Waals surface area contributed by atoms with Gasteiger partial charge in [0.1, 0.15) is 18.1 Å². The molecular weight excluding hydrogens is 338 g/mol. The zero-order valence-corrected chi connectivity index (χ0v) is 14.9. The predicted octanol–water partition coefficient (Wildman–Crippen LogP) is 5.76. The molecule has 0 fully saturated rings. The summed E-state index contributed by atoms with van der Waals surface area (Å²) in [6.07, 6.45) is 3.23. The van der Waals surface area contributed by atoms with Gasteiger partial charge in [-0.1, -0.05) is 24.3 Å². The highest BCUT2D eigenvalue weighted by atomic mass is 19.2. The van der Waals surface area contributed by atoms with E-state index in [0.717, 1.165) is 24.2 Å². The summed E-state index contributed by atoms with van der Waals surface area (Å²) in [4.78, 5) is 0. The molecule has 138 valence electrons. The Morgan fingerprint density at radius 3 is 2.31 bits per heavy atom. The minimum atomic E-state index is -0.961. The maximum Gasteiger partial charge on any atom is 0.201 e. The number of halogens is 2. The standard InChI is InChI=1S/C21H22F2O3/c1-3-24-16-9-11-18(26-13-16)15-7-5-14(6-8-15)17-10-12-19(25-4-2)21(23)20(17)22/h5-8,10,12-13,18H,3-4,9,11H2,1-2H3. The fourth-order valence-corrected chi connectivity index (χ4v) is 2.99. The lowest BCUT2D eigenvalue weighted by Crippen LogP contribution is -2.08. The van der Waals surface area contributed by atoms with E-state index < -0.39 is 11.6 Å². The Balaban J connectivity index is 1.77. The van der Waals surface area contributed by atoms with Crippen LogP contribution in [0.5, 0.6) is 5.75 Å². The van der Waals surface area contributed by atoms with Crippen molar-refractivity contribution >= 4 is 0 Å². The molecule has 0 N–H and O–H groups in total. The molecule has 0 spiro atoms. The van der Waals surface area contributed by atoms with Crippen LogP contribution in [0.25, 0.3) is 11.1 Å². The van der Waals surface area contributed by atoms with Gasteiger partial charge in [-0.05, 0) is 43.5 Å². The second kappa shape index (κ2) is 8.21. The Morgan fingerprint density at radius 1 is 0.962 bits per heavy atom. The van der Waals surface area contributed by atoms with Crippen molar-refractivity contribution in [1.82, 2.24) is 0 Å². The van der Waals surface area contributed by atoms with Gasteiger partial charge in [-0.15, -0.1) is 0 Å². The molecule has 2 aromatic carbocycles. The van der Waals surface area contributed by atoms with Gasteiger partial charge >= 0.3 is 0 Å². The van der Waals surface area contributed by atoms with E-state index in [1.54, 1.807) is 25.3 Å². The molecule has 3 rings (SSSR count). The normalized spacial score (nSPS) is 16.6. The Bertz CT molecular complexity index is 785. The summed E-state index contributed by atoms with van der Waals surface area (Å²) < 4.78 is 44.7. The van der Waals surface area contributed by atoms with Crippen LogP contribution in [-0.2, 0) is 9.47 Å². The van der Waals surface area contributed by atoms with Crippen LogP contribution in [0.1, 0.15) is 38.4 Å². The lowest BCUT2D eigenvalue weighted by atomic mass is 9.98. The van der Waals surface area contributed by atoms with Gasteiger partial charge in [0.25, 0.3) is 0 Å². The minimum Gasteiger partial charge on any atom is -0.495 e. The van der Waals surface area contributed by atoms with Crippen LogP contribution >= 0.6 is 0 Å². The molecule has 0 saturated heterocycles. The molecular formula is C21H22F2O3. The van der Waals surface area contributed by atoms with E-state index in [1.807, 2.05) is 19.1 Å². The van der Waals surface area contributed by atoms with E-state index in [9.17, 15) is 8.78 Å². The van der Waals surface area contributed by atoms with E-state index in [1.165, 1.54) is 12.1 Å². The second-order valence-corrected chi connectivity index (χ2v) is 5.97. The molecule has 1 atom stereocenters. The number of hydrogen-bond donors (Lipinski definition) is 0. The van der Waals surface area contributed by atoms with Crippen molar-refractivity contribution in [2.45, 2.75) is 32.8 Å². The third kappa shape index (κ3) is 3.82. The van der Waals surface area contributed by atoms with Gasteiger partial charge in [-0.2, -0.15) is 4.39 Å². The van der Waals surface area contributed by atoms with Gasteiger partial charge in [0, 0.05) is 12.0 Å². The van der Waals surface area contributed by atoms with Crippen molar-refractivity contribution in [3.63, 3.8) is 0 Å². The number of rotatable bonds is 6. The average Bonchev–Trinajstić information content (AvgIpc) is 2.67. The largest absolute Gasteiger partial charge is 0.495 e. The summed E-state index contributed by atoms with van der Waals surface area (Å²) in [7, 11) is 0. The predicted molar refractivity (Wildman–Crippen MR) is 95.7 cm³/mol. The van der Waals surface area contributed by atoms with Crippen molar-refractivity contribution in [1.29, 1.82) is 0 Å². The lowest BCUT2D eigenvalue weighted by molar-refractivity contribution is 0.0831. The van der Waals surface area contributed by atoms with Crippen LogP contribution in [-0.4, -0.2) is 13.2 Å². The van der Waals surface area contributed by atoms with E-state index in [0.29, 0.717) is 12.2 Å². The number of benzene rings is 2. The summed E-state index contributed by atoms with van der Waals surface area (Å²) in [6.45, 7) is 4.57. The van der Waals surface area contributed by atoms with Crippen molar-refractivity contribution in [2.75, 3.05) is 13.2 Å². The molecule has 1 heterocycles. The SMILES string of the molecule is CCOC1=COC(c2ccc(-c3ccc(OCC)c(F)c3F)cc2)CC1. The maximum absolute atomic E-state index is 14.3. The molecule has 2 aromatic rings. The fourth-order valence-electron chi connectivity index (χ4n) is 2.99. The maximum atomic E-state index is 14.3. The molecule has 1 aliphatic heterocycles. The Hall–Kier alpha value is -2.56. The quantitative estimate of drug-likeness (QED) is 0.655. The molecule has 0 radical (unpaired) electrons. The first-order valence-electron chi connectivity index (χ1n) is 8.82. The van der Waals surface area contributed by atoms with E-state index in [4.69, 9.17) is 14.2 Å². The van der Waals surface area contributed by atoms with E-state index in [-0.39, 0.29) is 24.0 Å². The van der Waals surface area contributed by atoms with E-state index in [2.05, 4.69) is 0 Å². The zero-order valence-electron chi connectivity index (χ0n) is 14.9. The number of hydrogen-bond acceptors (Lipinski definition) is 3. The zero-order chi connectivity index (χ0) is 18.5. The molecule has 0 amide bonds. The third-order valence-electron chi connectivity index (χ3n) is 4.29. The Labute approximate surface area is 152 Å². The summed E-state index contributed by atoms with van der Waals surface area (Å²) in [5, 5.41) is 0. The first kappa shape index (κ1) is 18.2. The molecule has 1 unspecified atom stereocenters.